The van der Waals surface area contributed by atoms with Gasteiger partial charge in [-0.2, -0.15) is 0 Å². The van der Waals surface area contributed by atoms with Gasteiger partial charge >= 0.3 is 0 Å². The molecule has 1 saturated heterocycles. The van der Waals surface area contributed by atoms with E-state index in [2.05, 4.69) is 10.3 Å². The Morgan fingerprint density at radius 1 is 1.47 bits per heavy atom. The van der Waals surface area contributed by atoms with Gasteiger partial charge in [0.25, 0.3) is 0 Å². The van der Waals surface area contributed by atoms with Crippen molar-refractivity contribution in [2.75, 3.05) is 0 Å². The van der Waals surface area contributed by atoms with Gasteiger partial charge in [0.2, 0.25) is 0 Å². The molecule has 1 aliphatic heterocycles. The Kier molecular flexibility index (Phi) is 3.69. The average molecular weight is 261 g/mol. The second kappa shape index (κ2) is 5.45. The molecule has 3 rings (SSSR count). The smallest absolute Gasteiger partial charge is 0.150 e. The standard InChI is InChI=1S/C15H23N3O/c1-18-9-8-16-15(18)7-6-14(19)13-10-11-4-2-3-5-12(11)17-13/h8-9,11-13,17H,2-7,10H2,1H3. The summed E-state index contributed by atoms with van der Waals surface area (Å²) in [6.07, 6.45) is 11.4. The normalized spacial score (nSPS) is 30.3. The molecular formula is C15H23N3O. The van der Waals surface area contributed by atoms with Crippen molar-refractivity contribution >= 4 is 5.78 Å². The Balaban J connectivity index is 1.52. The van der Waals surface area contributed by atoms with E-state index in [-0.39, 0.29) is 6.04 Å². The summed E-state index contributed by atoms with van der Waals surface area (Å²) in [6, 6.07) is 0.712. The topological polar surface area (TPSA) is 46.9 Å². The minimum absolute atomic E-state index is 0.105. The van der Waals surface area contributed by atoms with Crippen molar-refractivity contribution in [2.24, 2.45) is 13.0 Å². The fourth-order valence-electron chi connectivity index (χ4n) is 3.61. The van der Waals surface area contributed by atoms with Crippen LogP contribution in [0.5, 0.6) is 0 Å². The van der Waals surface area contributed by atoms with Crippen LogP contribution in [0.25, 0.3) is 0 Å². The van der Waals surface area contributed by atoms with E-state index in [9.17, 15) is 4.79 Å². The van der Waals surface area contributed by atoms with E-state index in [0.29, 0.717) is 18.2 Å². The highest BCUT2D eigenvalue weighted by atomic mass is 16.1. The molecule has 1 aromatic rings. The summed E-state index contributed by atoms with van der Waals surface area (Å²) in [6.45, 7) is 0. The van der Waals surface area contributed by atoms with Crippen molar-refractivity contribution in [1.29, 1.82) is 0 Å². The third-order valence-electron chi connectivity index (χ3n) is 4.77. The van der Waals surface area contributed by atoms with Crippen molar-refractivity contribution < 1.29 is 4.79 Å². The fourth-order valence-corrected chi connectivity index (χ4v) is 3.61. The first-order valence-electron chi connectivity index (χ1n) is 7.49. The number of nitrogens with one attached hydrogen (secondary N) is 1. The van der Waals surface area contributed by atoms with Crippen LogP contribution in [0.15, 0.2) is 12.4 Å². The number of aryl methyl sites for hydroxylation is 2. The first-order chi connectivity index (χ1) is 9.24. The molecule has 2 fully saturated rings. The third kappa shape index (κ3) is 2.73. The number of fused-ring (bicyclic) bond motifs is 1. The van der Waals surface area contributed by atoms with Gasteiger partial charge in [0, 0.05) is 38.3 Å². The molecule has 1 N–H and O–H groups in total. The zero-order valence-corrected chi connectivity index (χ0v) is 11.6. The van der Waals surface area contributed by atoms with E-state index in [4.69, 9.17) is 0 Å². The van der Waals surface area contributed by atoms with Crippen molar-refractivity contribution in [3.63, 3.8) is 0 Å². The van der Waals surface area contributed by atoms with Crippen LogP contribution < -0.4 is 5.32 Å². The summed E-state index contributed by atoms with van der Waals surface area (Å²) in [5, 5.41) is 3.56. The van der Waals surface area contributed by atoms with Gasteiger partial charge in [-0.05, 0) is 25.2 Å². The molecule has 0 aromatic carbocycles. The van der Waals surface area contributed by atoms with Gasteiger partial charge in [-0.3, -0.25) is 4.79 Å². The Morgan fingerprint density at radius 3 is 3.05 bits per heavy atom. The number of hydrogen-bond donors (Lipinski definition) is 1. The Labute approximate surface area is 114 Å². The molecule has 0 spiro atoms. The third-order valence-corrected chi connectivity index (χ3v) is 4.77. The number of hydrogen-bond acceptors (Lipinski definition) is 3. The molecule has 2 heterocycles. The van der Waals surface area contributed by atoms with Gasteiger partial charge < -0.3 is 9.88 Å². The van der Waals surface area contributed by atoms with Gasteiger partial charge in [0.15, 0.2) is 0 Å². The summed E-state index contributed by atoms with van der Waals surface area (Å²) < 4.78 is 2.00. The van der Waals surface area contributed by atoms with Gasteiger partial charge in [0.05, 0.1) is 6.04 Å². The Hall–Kier alpha value is -1.16. The van der Waals surface area contributed by atoms with E-state index in [1.165, 1.54) is 25.7 Å². The fraction of sp³-hybridized carbons (Fsp3) is 0.733. The second-order valence-electron chi connectivity index (χ2n) is 6.03. The molecule has 19 heavy (non-hydrogen) atoms. The number of Topliss-reactive ketones (excluding diaryl/α,β-unsaturated/α-hetero) is 1. The molecule has 4 nitrogen and oxygen atoms in total. The van der Waals surface area contributed by atoms with Crippen LogP contribution in [0.3, 0.4) is 0 Å². The predicted molar refractivity (Wildman–Crippen MR) is 73.8 cm³/mol. The van der Waals surface area contributed by atoms with Crippen LogP contribution in [0.2, 0.25) is 0 Å². The number of nitrogens with zero attached hydrogens (tertiary/aromatic N) is 2. The molecule has 0 bridgehead atoms. The van der Waals surface area contributed by atoms with Crippen LogP contribution in [0, 0.1) is 5.92 Å². The van der Waals surface area contributed by atoms with Crippen LogP contribution in [-0.2, 0) is 18.3 Å². The molecule has 0 radical (unpaired) electrons. The summed E-state index contributed by atoms with van der Waals surface area (Å²) >= 11 is 0. The Morgan fingerprint density at radius 2 is 2.32 bits per heavy atom. The second-order valence-corrected chi connectivity index (χ2v) is 6.03. The van der Waals surface area contributed by atoms with E-state index in [0.717, 1.165) is 24.6 Å². The summed E-state index contributed by atoms with van der Waals surface area (Å²) in [4.78, 5) is 16.6. The predicted octanol–water partition coefficient (Wildman–Crippen LogP) is 1.84. The zero-order chi connectivity index (χ0) is 13.2. The molecule has 1 saturated carbocycles. The molecule has 0 amide bonds. The molecular weight excluding hydrogens is 238 g/mol. The maximum atomic E-state index is 12.3. The van der Waals surface area contributed by atoms with Gasteiger partial charge in [0.1, 0.15) is 11.6 Å². The minimum Gasteiger partial charge on any atom is -0.338 e. The maximum absolute atomic E-state index is 12.3. The molecule has 4 heteroatoms. The quantitative estimate of drug-likeness (QED) is 0.899. The van der Waals surface area contributed by atoms with Gasteiger partial charge in [-0.1, -0.05) is 12.8 Å². The number of carbonyl (C=O) groups is 1. The molecule has 104 valence electrons. The summed E-state index contributed by atoms with van der Waals surface area (Å²) in [5.74, 6) is 2.12. The zero-order valence-electron chi connectivity index (χ0n) is 11.6. The van der Waals surface area contributed by atoms with E-state index in [1.807, 2.05) is 17.8 Å². The summed E-state index contributed by atoms with van der Waals surface area (Å²) in [7, 11) is 1.98. The SMILES string of the molecule is Cn1ccnc1CCC(=O)C1CC2CCCCC2N1. The minimum atomic E-state index is 0.105. The lowest BCUT2D eigenvalue weighted by molar-refractivity contribution is -0.120. The van der Waals surface area contributed by atoms with Crippen molar-refractivity contribution in [2.45, 2.75) is 57.0 Å². The van der Waals surface area contributed by atoms with Crippen LogP contribution in [-0.4, -0.2) is 27.4 Å². The monoisotopic (exact) mass is 261 g/mol. The van der Waals surface area contributed by atoms with Crippen LogP contribution >= 0.6 is 0 Å². The first kappa shape index (κ1) is 12.9. The Bertz CT molecular complexity index is 440. The van der Waals surface area contributed by atoms with E-state index in [1.54, 1.807) is 6.20 Å². The molecule has 3 atom stereocenters. The average Bonchev–Trinajstić information content (AvgIpc) is 3.01. The lowest BCUT2D eigenvalue weighted by Gasteiger charge is -2.24. The highest BCUT2D eigenvalue weighted by molar-refractivity contribution is 5.84. The first-order valence-corrected chi connectivity index (χ1v) is 7.49. The van der Waals surface area contributed by atoms with Crippen molar-refractivity contribution in [3.05, 3.63) is 18.2 Å². The maximum Gasteiger partial charge on any atom is 0.150 e. The van der Waals surface area contributed by atoms with Gasteiger partial charge in [-0.15, -0.1) is 0 Å². The summed E-state index contributed by atoms with van der Waals surface area (Å²) in [5.41, 5.74) is 0. The highest BCUT2D eigenvalue weighted by Crippen LogP contribution is 2.33. The van der Waals surface area contributed by atoms with E-state index < -0.39 is 0 Å². The number of ketones is 1. The van der Waals surface area contributed by atoms with Crippen LogP contribution in [0.4, 0.5) is 0 Å². The van der Waals surface area contributed by atoms with Crippen molar-refractivity contribution in [1.82, 2.24) is 14.9 Å². The highest BCUT2D eigenvalue weighted by Gasteiger charge is 2.37. The number of aromatic nitrogens is 2. The van der Waals surface area contributed by atoms with Crippen molar-refractivity contribution in [3.8, 4) is 0 Å². The molecule has 3 unspecified atom stereocenters. The lowest BCUT2D eigenvalue weighted by atomic mass is 9.84. The van der Waals surface area contributed by atoms with E-state index >= 15 is 0 Å². The molecule has 2 aliphatic rings. The molecule has 1 aromatic heterocycles. The van der Waals surface area contributed by atoms with Crippen LogP contribution in [0.1, 0.15) is 44.3 Å². The van der Waals surface area contributed by atoms with Gasteiger partial charge in [-0.25, -0.2) is 4.98 Å². The largest absolute Gasteiger partial charge is 0.338 e. The number of carbonyl (C=O) groups excluding carboxylic acids is 1. The lowest BCUT2D eigenvalue weighted by Crippen LogP contribution is -2.37. The number of rotatable bonds is 4. The molecule has 1 aliphatic carbocycles. The number of imidazole rings is 1.